The fraction of sp³-hybridized carbons (Fsp3) is 0.167. The number of hydrogen-bond acceptors (Lipinski definition) is 4. The van der Waals surface area contributed by atoms with Gasteiger partial charge in [-0.1, -0.05) is 40.2 Å². The zero-order valence-electron chi connectivity index (χ0n) is 17.3. The Labute approximate surface area is 206 Å². The SMILES string of the molecule is O=C(N/N=C/c1ccc(N(CCCl)CCCl)cc1)c1ccccc1Nc1ccc(Br)cc1. The van der Waals surface area contributed by atoms with Crippen molar-refractivity contribution in [3.63, 3.8) is 0 Å². The molecule has 32 heavy (non-hydrogen) atoms. The maximum Gasteiger partial charge on any atom is 0.273 e. The van der Waals surface area contributed by atoms with Gasteiger partial charge in [0.25, 0.3) is 5.91 Å². The zero-order chi connectivity index (χ0) is 22.8. The van der Waals surface area contributed by atoms with Crippen molar-refractivity contribution in [1.82, 2.24) is 5.43 Å². The minimum absolute atomic E-state index is 0.298. The molecule has 5 nitrogen and oxygen atoms in total. The Morgan fingerprint density at radius 3 is 2.25 bits per heavy atom. The molecule has 3 aromatic rings. The number of nitrogens with one attached hydrogen (secondary N) is 2. The number of para-hydroxylation sites is 1. The quantitative estimate of drug-likeness (QED) is 0.184. The van der Waals surface area contributed by atoms with Crippen LogP contribution in [0.5, 0.6) is 0 Å². The van der Waals surface area contributed by atoms with Gasteiger partial charge in [-0.05, 0) is 54.1 Å². The molecule has 166 valence electrons. The van der Waals surface area contributed by atoms with Crippen molar-refractivity contribution >= 4 is 68.3 Å². The number of amides is 1. The minimum atomic E-state index is -0.298. The topological polar surface area (TPSA) is 56.7 Å². The third-order valence-electron chi connectivity index (χ3n) is 4.64. The standard InChI is InChI=1S/C24H23BrCl2N4O/c25-19-7-9-20(10-8-19)29-23-4-2-1-3-22(23)24(32)30-28-17-18-5-11-21(12-6-18)31(15-13-26)16-14-27/h1-12,17,29H,13-16H2,(H,30,32)/b28-17+. The maximum atomic E-state index is 12.7. The van der Waals surface area contributed by atoms with Crippen LogP contribution >= 0.6 is 39.1 Å². The van der Waals surface area contributed by atoms with Crippen LogP contribution in [0.4, 0.5) is 17.1 Å². The van der Waals surface area contributed by atoms with E-state index in [4.69, 9.17) is 23.2 Å². The number of halogens is 3. The van der Waals surface area contributed by atoms with E-state index in [0.29, 0.717) is 23.0 Å². The van der Waals surface area contributed by atoms with Crippen molar-refractivity contribution in [1.29, 1.82) is 0 Å². The van der Waals surface area contributed by atoms with Crippen molar-refractivity contribution in [2.75, 3.05) is 35.1 Å². The highest BCUT2D eigenvalue weighted by molar-refractivity contribution is 9.10. The average Bonchev–Trinajstić information content (AvgIpc) is 2.81. The molecule has 0 saturated heterocycles. The van der Waals surface area contributed by atoms with E-state index in [0.717, 1.165) is 34.5 Å². The lowest BCUT2D eigenvalue weighted by Gasteiger charge is -2.22. The number of alkyl halides is 2. The molecule has 0 radical (unpaired) electrons. The Hall–Kier alpha value is -2.54. The molecule has 2 N–H and O–H groups in total. The monoisotopic (exact) mass is 532 g/mol. The Morgan fingerprint density at radius 2 is 1.59 bits per heavy atom. The van der Waals surface area contributed by atoms with Crippen molar-refractivity contribution in [3.05, 3.63) is 88.4 Å². The number of hydrogen-bond donors (Lipinski definition) is 2. The molecule has 0 aliphatic rings. The van der Waals surface area contributed by atoms with Crippen molar-refractivity contribution in [2.24, 2.45) is 5.10 Å². The number of carbonyl (C=O) groups is 1. The Morgan fingerprint density at radius 1 is 0.938 bits per heavy atom. The van der Waals surface area contributed by atoms with E-state index in [9.17, 15) is 4.79 Å². The number of anilines is 3. The van der Waals surface area contributed by atoms with E-state index in [1.807, 2.05) is 66.7 Å². The van der Waals surface area contributed by atoms with E-state index in [-0.39, 0.29) is 5.91 Å². The highest BCUT2D eigenvalue weighted by Crippen LogP contribution is 2.22. The lowest BCUT2D eigenvalue weighted by molar-refractivity contribution is 0.0956. The third-order valence-corrected chi connectivity index (χ3v) is 5.51. The first kappa shape index (κ1) is 24.1. The summed E-state index contributed by atoms with van der Waals surface area (Å²) >= 11 is 15.2. The van der Waals surface area contributed by atoms with Crippen LogP contribution in [0.25, 0.3) is 0 Å². The first-order valence-electron chi connectivity index (χ1n) is 10.0. The van der Waals surface area contributed by atoms with Gasteiger partial charge in [-0.3, -0.25) is 4.79 Å². The molecule has 0 aliphatic heterocycles. The summed E-state index contributed by atoms with van der Waals surface area (Å²) in [5.74, 6) is 0.766. The summed E-state index contributed by atoms with van der Waals surface area (Å²) < 4.78 is 0.988. The Bertz CT molecular complexity index is 1040. The molecule has 0 aromatic heterocycles. The van der Waals surface area contributed by atoms with Crippen LogP contribution in [0.3, 0.4) is 0 Å². The Kier molecular flexibility index (Phi) is 9.41. The predicted molar refractivity (Wildman–Crippen MR) is 139 cm³/mol. The summed E-state index contributed by atoms with van der Waals surface area (Å²) in [6.07, 6.45) is 1.61. The maximum absolute atomic E-state index is 12.7. The molecule has 0 unspecified atom stereocenters. The van der Waals surface area contributed by atoms with Gasteiger partial charge in [-0.25, -0.2) is 5.43 Å². The van der Waals surface area contributed by atoms with E-state index in [1.54, 1.807) is 12.3 Å². The van der Waals surface area contributed by atoms with Gasteiger partial charge in [0.2, 0.25) is 0 Å². The van der Waals surface area contributed by atoms with Crippen LogP contribution in [0, 0.1) is 0 Å². The molecular weight excluding hydrogens is 511 g/mol. The van der Waals surface area contributed by atoms with Crippen molar-refractivity contribution in [3.8, 4) is 0 Å². The second kappa shape index (κ2) is 12.5. The molecule has 0 spiro atoms. The van der Waals surface area contributed by atoms with Gasteiger partial charge in [-0.15, -0.1) is 23.2 Å². The van der Waals surface area contributed by atoms with Crippen LogP contribution in [-0.2, 0) is 0 Å². The highest BCUT2D eigenvalue weighted by atomic mass is 79.9. The van der Waals surface area contributed by atoms with Crippen molar-refractivity contribution < 1.29 is 4.79 Å². The van der Waals surface area contributed by atoms with E-state index in [2.05, 4.69) is 36.7 Å². The van der Waals surface area contributed by atoms with Gasteiger partial charge in [-0.2, -0.15) is 5.10 Å². The summed E-state index contributed by atoms with van der Waals surface area (Å²) in [5, 5.41) is 7.38. The molecule has 0 heterocycles. The van der Waals surface area contributed by atoms with Crippen LogP contribution in [0.15, 0.2) is 82.4 Å². The smallest absolute Gasteiger partial charge is 0.273 e. The van der Waals surface area contributed by atoms with Gasteiger partial charge in [0.05, 0.1) is 17.5 Å². The summed E-state index contributed by atoms with van der Waals surface area (Å²) in [6, 6.07) is 22.9. The number of benzene rings is 3. The number of hydrazone groups is 1. The third kappa shape index (κ3) is 6.99. The predicted octanol–water partition coefficient (Wildman–Crippen LogP) is 6.24. The largest absolute Gasteiger partial charge is 0.369 e. The van der Waals surface area contributed by atoms with Gasteiger partial charge >= 0.3 is 0 Å². The van der Waals surface area contributed by atoms with Gasteiger partial charge in [0.15, 0.2) is 0 Å². The fourth-order valence-corrected chi connectivity index (χ4v) is 3.72. The van der Waals surface area contributed by atoms with E-state index < -0.39 is 0 Å². The molecule has 3 rings (SSSR count). The second-order valence-electron chi connectivity index (χ2n) is 6.83. The van der Waals surface area contributed by atoms with Gasteiger partial charge in [0, 0.05) is 40.7 Å². The number of carbonyl (C=O) groups excluding carboxylic acids is 1. The van der Waals surface area contributed by atoms with E-state index in [1.165, 1.54) is 0 Å². The molecule has 0 saturated carbocycles. The molecule has 0 atom stereocenters. The van der Waals surface area contributed by atoms with Crippen LogP contribution < -0.4 is 15.6 Å². The van der Waals surface area contributed by atoms with Crippen LogP contribution in [-0.4, -0.2) is 37.0 Å². The summed E-state index contributed by atoms with van der Waals surface area (Å²) in [4.78, 5) is 14.8. The first-order chi connectivity index (χ1) is 15.6. The lowest BCUT2D eigenvalue weighted by atomic mass is 10.1. The molecule has 0 bridgehead atoms. The van der Waals surface area contributed by atoms with E-state index >= 15 is 0 Å². The molecule has 0 aliphatic carbocycles. The number of rotatable bonds is 10. The normalized spacial score (nSPS) is 10.8. The Balaban J connectivity index is 1.63. The number of nitrogens with zero attached hydrogens (tertiary/aromatic N) is 2. The molecule has 3 aromatic carbocycles. The van der Waals surface area contributed by atoms with Crippen molar-refractivity contribution in [2.45, 2.75) is 0 Å². The zero-order valence-corrected chi connectivity index (χ0v) is 20.4. The minimum Gasteiger partial charge on any atom is -0.369 e. The second-order valence-corrected chi connectivity index (χ2v) is 8.50. The van der Waals surface area contributed by atoms with Crippen LogP contribution in [0.2, 0.25) is 0 Å². The average molecular weight is 534 g/mol. The molecule has 1 amide bonds. The highest BCUT2D eigenvalue weighted by Gasteiger charge is 2.10. The molecule has 0 fully saturated rings. The van der Waals surface area contributed by atoms with Gasteiger partial charge in [0.1, 0.15) is 0 Å². The lowest BCUT2D eigenvalue weighted by Crippen LogP contribution is -2.27. The summed E-state index contributed by atoms with van der Waals surface area (Å²) in [6.45, 7) is 1.46. The molecule has 8 heteroatoms. The first-order valence-corrected chi connectivity index (χ1v) is 11.9. The van der Waals surface area contributed by atoms with Crippen LogP contribution in [0.1, 0.15) is 15.9 Å². The van der Waals surface area contributed by atoms with Gasteiger partial charge < -0.3 is 10.2 Å². The molecular formula is C24H23BrCl2N4O. The summed E-state index contributed by atoms with van der Waals surface area (Å²) in [7, 11) is 0. The summed E-state index contributed by atoms with van der Waals surface area (Å²) in [5.41, 5.74) is 6.59. The fourth-order valence-electron chi connectivity index (χ4n) is 3.05.